The molecule has 2 aromatic carbocycles. The highest BCUT2D eigenvalue weighted by molar-refractivity contribution is 5.85. The third kappa shape index (κ3) is 5.17. The molecule has 1 aliphatic carbocycles. The fraction of sp³-hybridized carbons (Fsp3) is 0.444. The van der Waals surface area contributed by atoms with Crippen LogP contribution >= 0.6 is 0 Å². The molecule has 2 aliphatic rings. The van der Waals surface area contributed by atoms with Crippen molar-refractivity contribution in [3.05, 3.63) is 59.7 Å². The highest BCUT2D eigenvalue weighted by Crippen LogP contribution is 2.44. The molecule has 1 saturated heterocycles. The van der Waals surface area contributed by atoms with E-state index in [0.717, 1.165) is 22.3 Å². The predicted molar refractivity (Wildman–Crippen MR) is 130 cm³/mol. The Hall–Kier alpha value is -3.39. The summed E-state index contributed by atoms with van der Waals surface area (Å²) in [5.74, 6) is -1.65. The van der Waals surface area contributed by atoms with Crippen molar-refractivity contribution in [3.63, 3.8) is 0 Å². The summed E-state index contributed by atoms with van der Waals surface area (Å²) in [7, 11) is 0. The Morgan fingerprint density at radius 1 is 1.06 bits per heavy atom. The summed E-state index contributed by atoms with van der Waals surface area (Å²) in [5.41, 5.74) is 4.00. The van der Waals surface area contributed by atoms with E-state index in [0.29, 0.717) is 0 Å². The second-order valence-corrected chi connectivity index (χ2v) is 10.4. The first-order valence-electron chi connectivity index (χ1n) is 11.9. The van der Waals surface area contributed by atoms with Gasteiger partial charge in [0.15, 0.2) is 0 Å². The van der Waals surface area contributed by atoms with Gasteiger partial charge in [-0.3, -0.25) is 4.79 Å². The Balaban J connectivity index is 1.42. The van der Waals surface area contributed by atoms with E-state index in [1.54, 1.807) is 0 Å². The molecule has 35 heavy (non-hydrogen) atoms. The van der Waals surface area contributed by atoms with Crippen LogP contribution in [0.2, 0.25) is 0 Å². The summed E-state index contributed by atoms with van der Waals surface area (Å²) in [5, 5.41) is 22.1. The number of rotatable bonds is 6. The van der Waals surface area contributed by atoms with E-state index < -0.39 is 41.6 Å². The van der Waals surface area contributed by atoms with Crippen molar-refractivity contribution in [2.24, 2.45) is 5.41 Å². The van der Waals surface area contributed by atoms with Crippen molar-refractivity contribution in [1.82, 2.24) is 10.2 Å². The van der Waals surface area contributed by atoms with Crippen molar-refractivity contribution >= 4 is 18.0 Å². The molecule has 1 heterocycles. The van der Waals surface area contributed by atoms with Crippen LogP contribution in [0.4, 0.5) is 4.79 Å². The molecule has 8 heteroatoms. The smallest absolute Gasteiger partial charge is 0.407 e. The Morgan fingerprint density at radius 3 is 2.17 bits per heavy atom. The molecule has 186 valence electrons. The van der Waals surface area contributed by atoms with E-state index in [2.05, 4.69) is 17.4 Å². The molecule has 4 rings (SSSR count). The predicted octanol–water partition coefficient (Wildman–Crippen LogP) is 3.38. The fourth-order valence-electron chi connectivity index (χ4n) is 4.97. The summed E-state index contributed by atoms with van der Waals surface area (Å²) in [4.78, 5) is 38.5. The number of hydrogen-bond acceptors (Lipinski definition) is 5. The SMILES string of the molecule is CC(C)(C)C(CC(=O)N1C[C@@H](O)C[C@H]1C(=O)O)NC(=O)OCC1c2ccccc2-c2ccccc21. The Morgan fingerprint density at radius 2 is 1.63 bits per heavy atom. The number of likely N-dealkylation sites (tertiary alicyclic amines) is 1. The Bertz CT molecular complexity index is 1080. The van der Waals surface area contributed by atoms with Crippen LogP contribution in [-0.4, -0.2) is 64.4 Å². The number of amides is 2. The monoisotopic (exact) mass is 480 g/mol. The van der Waals surface area contributed by atoms with Crippen molar-refractivity contribution in [2.45, 2.75) is 57.7 Å². The van der Waals surface area contributed by atoms with Gasteiger partial charge < -0.3 is 25.2 Å². The van der Waals surface area contributed by atoms with Crippen molar-refractivity contribution in [1.29, 1.82) is 0 Å². The number of nitrogens with one attached hydrogen (secondary N) is 1. The molecule has 1 aliphatic heterocycles. The number of carbonyl (C=O) groups is 3. The molecule has 0 radical (unpaired) electrons. The van der Waals surface area contributed by atoms with Gasteiger partial charge in [-0.25, -0.2) is 9.59 Å². The van der Waals surface area contributed by atoms with Crippen LogP contribution in [0.15, 0.2) is 48.5 Å². The number of benzene rings is 2. The zero-order valence-electron chi connectivity index (χ0n) is 20.2. The summed E-state index contributed by atoms with van der Waals surface area (Å²) in [6.45, 7) is 5.80. The average Bonchev–Trinajstić information content (AvgIpc) is 3.35. The molecule has 8 nitrogen and oxygen atoms in total. The number of alkyl carbamates (subject to hydrolysis) is 1. The van der Waals surface area contributed by atoms with Crippen molar-refractivity contribution in [2.75, 3.05) is 13.2 Å². The third-order valence-corrected chi connectivity index (χ3v) is 6.94. The van der Waals surface area contributed by atoms with Crippen LogP contribution in [-0.2, 0) is 14.3 Å². The normalized spacial score (nSPS) is 20.2. The van der Waals surface area contributed by atoms with E-state index in [1.165, 1.54) is 4.90 Å². The Kier molecular flexibility index (Phi) is 6.85. The van der Waals surface area contributed by atoms with Crippen LogP contribution in [0, 0.1) is 5.41 Å². The zero-order chi connectivity index (χ0) is 25.3. The molecule has 2 amide bonds. The Labute approximate surface area is 204 Å². The standard InChI is InChI=1S/C27H32N2O6/c1-27(2,3)23(13-24(31)29-14-16(30)12-22(29)25(32)33)28-26(34)35-15-21-19-10-6-4-8-17(19)18-9-5-7-11-20(18)21/h4-11,16,21-23,30H,12-15H2,1-3H3,(H,28,34)(H,32,33)/t16-,22-,23?/m0/s1. The molecule has 3 N–H and O–H groups in total. The van der Waals surface area contributed by atoms with E-state index >= 15 is 0 Å². The minimum atomic E-state index is -1.15. The number of fused-ring (bicyclic) bond motifs is 3. The molecule has 1 unspecified atom stereocenters. The number of aliphatic carboxylic acids is 1. The van der Waals surface area contributed by atoms with Gasteiger partial charge in [0.2, 0.25) is 5.91 Å². The van der Waals surface area contributed by atoms with Crippen LogP contribution in [0.5, 0.6) is 0 Å². The molecule has 0 aromatic heterocycles. The first-order valence-corrected chi connectivity index (χ1v) is 11.9. The minimum absolute atomic E-state index is 0.00106. The first kappa shape index (κ1) is 24.7. The second kappa shape index (κ2) is 9.70. The largest absolute Gasteiger partial charge is 0.480 e. The minimum Gasteiger partial charge on any atom is -0.480 e. The zero-order valence-corrected chi connectivity index (χ0v) is 20.2. The lowest BCUT2D eigenvalue weighted by Crippen LogP contribution is -2.49. The van der Waals surface area contributed by atoms with Gasteiger partial charge in [0.1, 0.15) is 12.6 Å². The van der Waals surface area contributed by atoms with E-state index in [9.17, 15) is 24.6 Å². The van der Waals surface area contributed by atoms with Gasteiger partial charge in [0.25, 0.3) is 0 Å². The first-order chi connectivity index (χ1) is 16.6. The maximum atomic E-state index is 12.9. The number of aliphatic hydroxyl groups is 1. The van der Waals surface area contributed by atoms with Crippen LogP contribution in [0.25, 0.3) is 11.1 Å². The number of nitrogens with zero attached hydrogens (tertiary/aromatic N) is 1. The topological polar surface area (TPSA) is 116 Å². The van der Waals surface area contributed by atoms with Crippen LogP contribution < -0.4 is 5.32 Å². The van der Waals surface area contributed by atoms with Gasteiger partial charge in [-0.2, -0.15) is 0 Å². The van der Waals surface area contributed by atoms with Crippen LogP contribution in [0.1, 0.15) is 50.7 Å². The maximum absolute atomic E-state index is 12.9. The van der Waals surface area contributed by atoms with Gasteiger partial charge in [-0.05, 0) is 27.7 Å². The van der Waals surface area contributed by atoms with Gasteiger partial charge >= 0.3 is 12.1 Å². The van der Waals surface area contributed by atoms with Crippen LogP contribution in [0.3, 0.4) is 0 Å². The maximum Gasteiger partial charge on any atom is 0.407 e. The summed E-state index contributed by atoms with van der Waals surface area (Å²) >= 11 is 0. The number of aliphatic hydroxyl groups excluding tert-OH is 1. The lowest BCUT2D eigenvalue weighted by atomic mass is 9.84. The quantitative estimate of drug-likeness (QED) is 0.584. The average molecular weight is 481 g/mol. The van der Waals surface area contributed by atoms with E-state index in [4.69, 9.17) is 4.74 Å². The molecular weight excluding hydrogens is 448 g/mol. The molecule has 1 fully saturated rings. The molecule has 0 bridgehead atoms. The lowest BCUT2D eigenvalue weighted by Gasteiger charge is -2.33. The molecule has 3 atom stereocenters. The summed E-state index contributed by atoms with van der Waals surface area (Å²) in [6.07, 6.45) is -1.59. The van der Waals surface area contributed by atoms with Gasteiger partial charge in [0.05, 0.1) is 6.10 Å². The van der Waals surface area contributed by atoms with Crippen molar-refractivity contribution in [3.8, 4) is 11.1 Å². The number of hydrogen-bond donors (Lipinski definition) is 3. The fourth-order valence-corrected chi connectivity index (χ4v) is 4.97. The highest BCUT2D eigenvalue weighted by Gasteiger charge is 2.41. The second-order valence-electron chi connectivity index (χ2n) is 10.4. The van der Waals surface area contributed by atoms with E-state index in [-0.39, 0.29) is 31.9 Å². The summed E-state index contributed by atoms with van der Waals surface area (Å²) < 4.78 is 5.64. The van der Waals surface area contributed by atoms with Gasteiger partial charge in [-0.15, -0.1) is 0 Å². The number of carboxylic acid groups (broad SMARTS) is 1. The van der Waals surface area contributed by atoms with Crippen molar-refractivity contribution < 1.29 is 29.3 Å². The number of carbonyl (C=O) groups excluding carboxylic acids is 2. The number of ether oxygens (including phenoxy) is 1. The molecule has 2 aromatic rings. The van der Waals surface area contributed by atoms with Gasteiger partial charge in [-0.1, -0.05) is 69.3 Å². The molecular formula is C27H32N2O6. The highest BCUT2D eigenvalue weighted by atomic mass is 16.5. The third-order valence-electron chi connectivity index (χ3n) is 6.94. The van der Waals surface area contributed by atoms with E-state index in [1.807, 2.05) is 57.2 Å². The molecule has 0 saturated carbocycles. The lowest BCUT2D eigenvalue weighted by molar-refractivity contribution is -0.148. The number of carboxylic acids is 1. The molecule has 0 spiro atoms. The summed E-state index contributed by atoms with van der Waals surface area (Å²) in [6, 6.07) is 14.5. The number of β-amino-alcohol motifs (C(OH)–C–C–N with tert-alkyl or cyclic N) is 1. The van der Waals surface area contributed by atoms with Gasteiger partial charge in [0, 0.05) is 31.3 Å².